The number of fused-ring (bicyclic) bond motifs is 16. The number of para-hydroxylation sites is 4. The highest BCUT2D eigenvalue weighted by Crippen LogP contribution is 2.52. The van der Waals surface area contributed by atoms with Crippen LogP contribution in [0, 0.1) is 0 Å². The monoisotopic (exact) mass is 1210 g/mol. The van der Waals surface area contributed by atoms with Gasteiger partial charge in [0, 0.05) is 88.3 Å². The molecule has 0 spiro atoms. The van der Waals surface area contributed by atoms with Crippen molar-refractivity contribution < 1.29 is 8.83 Å². The molecule has 0 N–H and O–H groups in total. The topological polar surface area (TPSA) is 42.6 Å². The zero-order valence-electron chi connectivity index (χ0n) is 55.6. The van der Waals surface area contributed by atoms with Crippen LogP contribution in [0.15, 0.2) is 215 Å². The van der Waals surface area contributed by atoms with Crippen molar-refractivity contribution in [2.24, 2.45) is 0 Å². The third kappa shape index (κ3) is 8.74. The predicted octanol–water partition coefficient (Wildman–Crippen LogP) is 22.3. The number of hydrogen-bond acceptors (Lipinski definition) is 4. The normalized spacial score (nSPS) is 13.5. The molecule has 0 amide bonds. The van der Waals surface area contributed by atoms with Crippen molar-refractivity contribution in [1.82, 2.24) is 9.13 Å². The van der Waals surface area contributed by atoms with Gasteiger partial charge in [0.05, 0.1) is 33.4 Å². The molecule has 0 bridgehead atoms. The average Bonchev–Trinajstić information content (AvgIpc) is 1.33. The minimum atomic E-state index is -0.256. The Hall–Kier alpha value is -9.72. The van der Waals surface area contributed by atoms with Gasteiger partial charge in [0.1, 0.15) is 22.3 Å². The lowest BCUT2D eigenvalue weighted by Gasteiger charge is -2.46. The lowest BCUT2D eigenvalue weighted by molar-refractivity contribution is 0.590. The van der Waals surface area contributed by atoms with E-state index >= 15 is 0 Å². The highest BCUT2D eigenvalue weighted by atomic mass is 16.3. The first-order valence-electron chi connectivity index (χ1n) is 34.0. The minimum Gasteiger partial charge on any atom is -0.456 e. The molecule has 0 unspecified atom stereocenters. The second-order valence-corrected chi connectivity index (χ2v) is 29.7. The Labute approximate surface area is 545 Å². The fourth-order valence-corrected chi connectivity index (χ4v) is 15.9. The minimum absolute atomic E-state index is 0.0121. The second kappa shape index (κ2) is 20.9. The first kappa shape index (κ1) is 57.2. The summed E-state index contributed by atoms with van der Waals surface area (Å²) in [4.78, 5) is 5.35. The highest BCUT2D eigenvalue weighted by molar-refractivity contribution is 7.00. The molecule has 458 valence electrons. The van der Waals surface area contributed by atoms with Gasteiger partial charge in [0.2, 0.25) is 0 Å². The van der Waals surface area contributed by atoms with Crippen LogP contribution in [-0.2, 0) is 29.1 Å². The van der Waals surface area contributed by atoms with Gasteiger partial charge in [-0.2, -0.15) is 0 Å². The van der Waals surface area contributed by atoms with Crippen molar-refractivity contribution in [3.05, 3.63) is 234 Å². The first-order chi connectivity index (χ1) is 45.0. The van der Waals surface area contributed by atoms with E-state index in [1.165, 1.54) is 111 Å². The first-order valence-corrected chi connectivity index (χ1v) is 34.0. The average molecular weight is 1210 g/mol. The Morgan fingerprint density at radius 3 is 1.15 bits per heavy atom. The molecule has 11 aromatic carbocycles. The lowest BCUT2D eigenvalue weighted by Crippen LogP contribution is -2.61. The van der Waals surface area contributed by atoms with E-state index < -0.39 is 0 Å². The van der Waals surface area contributed by atoms with Gasteiger partial charge in [-0.15, -0.1) is 0 Å². The van der Waals surface area contributed by atoms with Gasteiger partial charge in [-0.3, -0.25) is 0 Å². The summed E-state index contributed by atoms with van der Waals surface area (Å²) < 4.78 is 19.3. The smallest absolute Gasteiger partial charge is 0.252 e. The zero-order chi connectivity index (χ0) is 63.6. The number of nitrogens with zero attached hydrogens (tertiary/aromatic N) is 4. The number of furan rings is 2. The van der Waals surface area contributed by atoms with Crippen LogP contribution in [-0.4, -0.2) is 15.8 Å². The molecular formula is C86H79BN4O2. The number of hydrogen-bond donors (Lipinski definition) is 0. The van der Waals surface area contributed by atoms with Crippen molar-refractivity contribution in [2.75, 3.05) is 9.80 Å². The van der Waals surface area contributed by atoms with Crippen LogP contribution in [0.1, 0.15) is 130 Å². The van der Waals surface area contributed by atoms with Crippen LogP contribution in [0.5, 0.6) is 0 Å². The molecule has 93 heavy (non-hydrogen) atoms. The Balaban J connectivity index is 1.01. The summed E-state index contributed by atoms with van der Waals surface area (Å²) in [5, 5.41) is 9.65. The van der Waals surface area contributed by atoms with E-state index in [1.54, 1.807) is 0 Å². The quantitative estimate of drug-likeness (QED) is 0.128. The molecule has 0 radical (unpaired) electrons. The number of unbranched alkanes of at least 4 members (excludes halogenated alkanes) is 2. The predicted molar refractivity (Wildman–Crippen MR) is 397 cm³/mol. The molecule has 6 heterocycles. The molecule has 4 aromatic heterocycles. The molecule has 0 fully saturated rings. The van der Waals surface area contributed by atoms with Gasteiger partial charge in [-0.05, 0) is 184 Å². The fraction of sp³-hybridized carbons (Fsp3) is 0.233. The third-order valence-corrected chi connectivity index (χ3v) is 20.8. The van der Waals surface area contributed by atoms with E-state index in [0.29, 0.717) is 0 Å². The number of benzene rings is 11. The summed E-state index contributed by atoms with van der Waals surface area (Å²) in [7, 11) is 0. The summed E-state index contributed by atoms with van der Waals surface area (Å²) in [5.41, 5.74) is 27.7. The largest absolute Gasteiger partial charge is 0.456 e. The zero-order valence-corrected chi connectivity index (χ0v) is 55.6. The van der Waals surface area contributed by atoms with Gasteiger partial charge >= 0.3 is 0 Å². The fourth-order valence-electron chi connectivity index (χ4n) is 15.9. The van der Waals surface area contributed by atoms with E-state index in [9.17, 15) is 0 Å². The second-order valence-electron chi connectivity index (χ2n) is 29.7. The Bertz CT molecular complexity index is 5260. The maximum Gasteiger partial charge on any atom is 0.252 e. The Kier molecular flexibility index (Phi) is 12.9. The van der Waals surface area contributed by atoms with E-state index in [0.717, 1.165) is 105 Å². The summed E-state index contributed by atoms with van der Waals surface area (Å²) in [6, 6.07) is 79.0. The Morgan fingerprint density at radius 2 is 0.731 bits per heavy atom. The molecule has 0 saturated heterocycles. The van der Waals surface area contributed by atoms with Crippen LogP contribution in [0.25, 0.3) is 98.9 Å². The Morgan fingerprint density at radius 1 is 0.333 bits per heavy atom. The molecule has 0 saturated carbocycles. The van der Waals surface area contributed by atoms with Crippen molar-refractivity contribution in [1.29, 1.82) is 0 Å². The molecule has 7 heteroatoms. The van der Waals surface area contributed by atoms with E-state index in [1.807, 2.05) is 0 Å². The molecule has 0 aliphatic carbocycles. The maximum atomic E-state index is 7.15. The standard InChI is InChI=1S/C86H79BN4O2/c1-12-14-24-63-71(44-38-61-59-28-18-22-32-79(59)92-82(61)63)90-75-50-55(88-69-30-20-16-26-57(69)65-46-52(84(3,4)5)34-42-73(65)88)36-40-67(75)87-68-41-37-56(89-70-31-21-17-27-58(70)66-47-53(85(6,7)8)35-43-74(66)89)51-76(68)91(78-49-54(86(9,10)11)48-77(90)81(78)87)72-45-39-62-60-29-19-23-33-80(60)93-83(62)64(72)25-15-13-2/h16-23,26-51H,12-15,24-25H2,1-11H3. The summed E-state index contributed by atoms with van der Waals surface area (Å²) in [6.45, 7) is 25.5. The number of anilines is 6. The van der Waals surface area contributed by atoms with E-state index in [4.69, 9.17) is 8.83 Å². The van der Waals surface area contributed by atoms with E-state index in [2.05, 4.69) is 301 Å². The van der Waals surface area contributed by atoms with Gasteiger partial charge in [-0.1, -0.05) is 186 Å². The van der Waals surface area contributed by atoms with Crippen LogP contribution in [0.3, 0.4) is 0 Å². The van der Waals surface area contributed by atoms with Gasteiger partial charge in [0.15, 0.2) is 0 Å². The SMILES string of the molecule is CCCCc1c(N2c3cc(-n4c5ccccc5c5cc(C(C)(C)C)ccc54)ccc3B3c4ccc(-n5c6ccccc6c6cc(C(C)(C)C)ccc65)cc4N(c4ccc5c(oc6ccccc65)c4CCCC)c4cc(C(C)(C)C)cc2c43)ccc2c1oc1ccccc12. The van der Waals surface area contributed by atoms with Crippen LogP contribution in [0.2, 0.25) is 0 Å². The van der Waals surface area contributed by atoms with Crippen LogP contribution >= 0.6 is 0 Å². The van der Waals surface area contributed by atoms with Crippen molar-refractivity contribution >= 4 is 145 Å². The molecule has 6 nitrogen and oxygen atoms in total. The molecule has 17 rings (SSSR count). The van der Waals surface area contributed by atoms with Crippen molar-refractivity contribution in [3.63, 3.8) is 0 Å². The summed E-state index contributed by atoms with van der Waals surface area (Å²) >= 11 is 0. The van der Waals surface area contributed by atoms with E-state index in [-0.39, 0.29) is 23.0 Å². The van der Waals surface area contributed by atoms with Crippen LogP contribution in [0.4, 0.5) is 34.1 Å². The van der Waals surface area contributed by atoms with Gasteiger partial charge in [0.25, 0.3) is 6.71 Å². The maximum absolute atomic E-state index is 7.15. The van der Waals surface area contributed by atoms with Crippen LogP contribution < -0.4 is 26.2 Å². The van der Waals surface area contributed by atoms with Gasteiger partial charge < -0.3 is 27.8 Å². The molecule has 2 aliphatic heterocycles. The molecule has 0 atom stereocenters. The molecule has 15 aromatic rings. The number of aryl methyl sites for hydroxylation is 2. The lowest BCUT2D eigenvalue weighted by atomic mass is 9.33. The molecular weight excluding hydrogens is 1130 g/mol. The third-order valence-electron chi connectivity index (χ3n) is 20.8. The van der Waals surface area contributed by atoms with Crippen molar-refractivity contribution in [3.8, 4) is 11.4 Å². The van der Waals surface area contributed by atoms with Crippen molar-refractivity contribution in [2.45, 2.75) is 131 Å². The number of rotatable bonds is 10. The number of aromatic nitrogens is 2. The highest BCUT2D eigenvalue weighted by Gasteiger charge is 2.46. The molecule has 2 aliphatic rings. The van der Waals surface area contributed by atoms with Gasteiger partial charge in [-0.25, -0.2) is 0 Å². The summed E-state index contributed by atoms with van der Waals surface area (Å²) in [6.07, 6.45) is 5.85. The summed E-state index contributed by atoms with van der Waals surface area (Å²) in [5.74, 6) is 0.